The van der Waals surface area contributed by atoms with Gasteiger partial charge < -0.3 is 9.64 Å². The second-order valence-electron chi connectivity index (χ2n) is 5.85. The van der Waals surface area contributed by atoms with Crippen molar-refractivity contribution < 1.29 is 18.7 Å². The Morgan fingerprint density at radius 3 is 2.59 bits per heavy atom. The van der Waals surface area contributed by atoms with E-state index in [1.54, 1.807) is 30.9 Å². The highest BCUT2D eigenvalue weighted by molar-refractivity contribution is 5.84. The standard InChI is InChI=1S/C17H22FNO3/c1-12(10-14-6-5-7-15(18)11-14)17(21)22-13(2)16(20)19-8-3-4-9-19/h5-7,11-13H,3-4,8-10H2,1-2H3. The van der Waals surface area contributed by atoms with Crippen molar-refractivity contribution in [3.05, 3.63) is 35.6 Å². The van der Waals surface area contributed by atoms with Crippen LogP contribution in [0.15, 0.2) is 24.3 Å². The molecule has 1 amide bonds. The molecule has 5 heteroatoms. The van der Waals surface area contributed by atoms with Gasteiger partial charge in [0.15, 0.2) is 6.10 Å². The monoisotopic (exact) mass is 307 g/mol. The second-order valence-corrected chi connectivity index (χ2v) is 5.85. The van der Waals surface area contributed by atoms with Gasteiger partial charge in [-0.2, -0.15) is 0 Å². The maximum Gasteiger partial charge on any atom is 0.309 e. The molecule has 2 atom stereocenters. The van der Waals surface area contributed by atoms with Gasteiger partial charge in [0.25, 0.3) is 5.91 Å². The predicted molar refractivity (Wildman–Crippen MR) is 80.6 cm³/mol. The van der Waals surface area contributed by atoms with Crippen LogP contribution < -0.4 is 0 Å². The molecule has 0 saturated carbocycles. The smallest absolute Gasteiger partial charge is 0.309 e. The molecule has 1 saturated heterocycles. The fourth-order valence-corrected chi connectivity index (χ4v) is 2.64. The number of carbonyl (C=O) groups excluding carboxylic acids is 2. The number of hydrogen-bond acceptors (Lipinski definition) is 3. The van der Waals surface area contributed by atoms with Gasteiger partial charge in [-0.3, -0.25) is 9.59 Å². The normalized spacial score (nSPS) is 17.1. The van der Waals surface area contributed by atoms with Gasteiger partial charge in [-0.25, -0.2) is 4.39 Å². The zero-order chi connectivity index (χ0) is 16.1. The summed E-state index contributed by atoms with van der Waals surface area (Å²) in [6, 6.07) is 6.15. The molecular formula is C17H22FNO3. The lowest BCUT2D eigenvalue weighted by molar-refractivity contribution is -0.161. The number of esters is 1. The highest BCUT2D eigenvalue weighted by Crippen LogP contribution is 2.14. The molecule has 1 heterocycles. The number of benzene rings is 1. The molecule has 0 N–H and O–H groups in total. The van der Waals surface area contributed by atoms with E-state index in [0.29, 0.717) is 6.42 Å². The molecule has 4 nitrogen and oxygen atoms in total. The van der Waals surface area contributed by atoms with Crippen LogP contribution in [0.5, 0.6) is 0 Å². The van der Waals surface area contributed by atoms with E-state index in [0.717, 1.165) is 31.5 Å². The van der Waals surface area contributed by atoms with Crippen molar-refractivity contribution in [1.82, 2.24) is 4.90 Å². The zero-order valence-electron chi connectivity index (χ0n) is 13.0. The number of ether oxygens (including phenoxy) is 1. The summed E-state index contributed by atoms with van der Waals surface area (Å²) in [5.74, 6) is -1.31. The molecule has 0 aromatic heterocycles. The van der Waals surface area contributed by atoms with Crippen molar-refractivity contribution in [3.63, 3.8) is 0 Å². The van der Waals surface area contributed by atoms with Gasteiger partial charge in [-0.1, -0.05) is 19.1 Å². The van der Waals surface area contributed by atoms with Gasteiger partial charge in [0, 0.05) is 13.1 Å². The quantitative estimate of drug-likeness (QED) is 0.785. The summed E-state index contributed by atoms with van der Waals surface area (Å²) < 4.78 is 18.4. The average molecular weight is 307 g/mol. The van der Waals surface area contributed by atoms with E-state index in [4.69, 9.17) is 4.74 Å². The Hall–Kier alpha value is -1.91. The van der Waals surface area contributed by atoms with Gasteiger partial charge in [0.1, 0.15) is 5.82 Å². The Morgan fingerprint density at radius 1 is 1.27 bits per heavy atom. The molecule has 1 aliphatic heterocycles. The number of hydrogen-bond donors (Lipinski definition) is 0. The Kier molecular flexibility index (Phi) is 5.52. The molecular weight excluding hydrogens is 285 g/mol. The predicted octanol–water partition coefficient (Wildman–Crippen LogP) is 2.56. The molecule has 1 aromatic rings. The molecule has 22 heavy (non-hydrogen) atoms. The molecule has 0 radical (unpaired) electrons. The molecule has 0 aliphatic carbocycles. The van der Waals surface area contributed by atoms with Crippen molar-refractivity contribution in [2.24, 2.45) is 5.92 Å². The SMILES string of the molecule is CC(Cc1cccc(F)c1)C(=O)OC(C)C(=O)N1CCCC1. The molecule has 0 bridgehead atoms. The van der Waals surface area contributed by atoms with E-state index in [1.165, 1.54) is 12.1 Å². The number of halogens is 1. The first-order valence-electron chi connectivity index (χ1n) is 7.71. The van der Waals surface area contributed by atoms with E-state index < -0.39 is 18.0 Å². The van der Waals surface area contributed by atoms with Gasteiger partial charge in [-0.15, -0.1) is 0 Å². The molecule has 0 spiro atoms. The summed E-state index contributed by atoms with van der Waals surface area (Å²) in [5, 5.41) is 0. The third kappa shape index (κ3) is 4.29. The maximum atomic E-state index is 13.1. The summed E-state index contributed by atoms with van der Waals surface area (Å²) in [6.07, 6.45) is 1.63. The summed E-state index contributed by atoms with van der Waals surface area (Å²) in [7, 11) is 0. The largest absolute Gasteiger partial charge is 0.452 e. The Bertz CT molecular complexity index is 540. The van der Waals surface area contributed by atoms with Crippen LogP contribution in [0.2, 0.25) is 0 Å². The lowest BCUT2D eigenvalue weighted by Gasteiger charge is -2.21. The van der Waals surface area contributed by atoms with Crippen LogP contribution in [0, 0.1) is 11.7 Å². The molecule has 1 aliphatic rings. The fourth-order valence-electron chi connectivity index (χ4n) is 2.64. The van der Waals surface area contributed by atoms with Gasteiger partial charge in [0.2, 0.25) is 0 Å². The Labute approximate surface area is 130 Å². The van der Waals surface area contributed by atoms with E-state index in [2.05, 4.69) is 0 Å². The Balaban J connectivity index is 1.86. The second kappa shape index (κ2) is 7.38. The first-order chi connectivity index (χ1) is 10.5. The van der Waals surface area contributed by atoms with Crippen LogP contribution in [0.4, 0.5) is 4.39 Å². The van der Waals surface area contributed by atoms with Gasteiger partial charge in [-0.05, 0) is 43.9 Å². The number of likely N-dealkylation sites (tertiary alicyclic amines) is 1. The van der Waals surface area contributed by atoms with Crippen LogP contribution >= 0.6 is 0 Å². The number of rotatable bonds is 5. The first kappa shape index (κ1) is 16.5. The van der Waals surface area contributed by atoms with Crippen molar-refractivity contribution >= 4 is 11.9 Å². The van der Waals surface area contributed by atoms with Crippen LogP contribution in [0.1, 0.15) is 32.3 Å². The molecule has 1 fully saturated rings. The lowest BCUT2D eigenvalue weighted by atomic mass is 10.0. The summed E-state index contributed by atoms with van der Waals surface area (Å²) in [5.41, 5.74) is 0.739. The first-order valence-corrected chi connectivity index (χ1v) is 7.71. The number of amides is 1. The van der Waals surface area contributed by atoms with Crippen molar-refractivity contribution in [2.45, 2.75) is 39.2 Å². The highest BCUT2D eigenvalue weighted by Gasteiger charge is 2.27. The van der Waals surface area contributed by atoms with Crippen molar-refractivity contribution in [3.8, 4) is 0 Å². The van der Waals surface area contributed by atoms with Crippen LogP contribution in [0.3, 0.4) is 0 Å². The lowest BCUT2D eigenvalue weighted by Crippen LogP contribution is -2.39. The van der Waals surface area contributed by atoms with Crippen LogP contribution in [-0.2, 0) is 20.7 Å². The third-order valence-electron chi connectivity index (χ3n) is 3.89. The van der Waals surface area contributed by atoms with Crippen molar-refractivity contribution in [1.29, 1.82) is 0 Å². The van der Waals surface area contributed by atoms with E-state index in [9.17, 15) is 14.0 Å². The molecule has 2 unspecified atom stereocenters. The number of carbonyl (C=O) groups is 2. The van der Waals surface area contributed by atoms with Crippen molar-refractivity contribution in [2.75, 3.05) is 13.1 Å². The topological polar surface area (TPSA) is 46.6 Å². The summed E-state index contributed by atoms with van der Waals surface area (Å²) >= 11 is 0. The molecule has 2 rings (SSSR count). The van der Waals surface area contributed by atoms with E-state index >= 15 is 0 Å². The molecule has 1 aromatic carbocycles. The minimum atomic E-state index is -0.763. The van der Waals surface area contributed by atoms with Gasteiger partial charge >= 0.3 is 5.97 Å². The highest BCUT2D eigenvalue weighted by atomic mass is 19.1. The molecule has 120 valence electrons. The van der Waals surface area contributed by atoms with Crippen LogP contribution in [-0.4, -0.2) is 36.0 Å². The number of nitrogens with zero attached hydrogens (tertiary/aromatic N) is 1. The third-order valence-corrected chi connectivity index (χ3v) is 3.89. The zero-order valence-corrected chi connectivity index (χ0v) is 13.0. The van der Waals surface area contributed by atoms with E-state index in [-0.39, 0.29) is 11.7 Å². The minimum Gasteiger partial charge on any atom is -0.452 e. The Morgan fingerprint density at radius 2 is 1.95 bits per heavy atom. The summed E-state index contributed by atoms with van der Waals surface area (Å²) in [4.78, 5) is 25.9. The maximum absolute atomic E-state index is 13.1. The minimum absolute atomic E-state index is 0.135. The average Bonchev–Trinajstić information content (AvgIpc) is 3.00. The van der Waals surface area contributed by atoms with E-state index in [1.807, 2.05) is 0 Å². The van der Waals surface area contributed by atoms with Crippen LogP contribution in [0.25, 0.3) is 0 Å². The summed E-state index contributed by atoms with van der Waals surface area (Å²) in [6.45, 7) is 4.80. The fraction of sp³-hybridized carbons (Fsp3) is 0.529. The van der Waals surface area contributed by atoms with Gasteiger partial charge in [0.05, 0.1) is 5.92 Å².